The summed E-state index contributed by atoms with van der Waals surface area (Å²) in [6, 6.07) is 9.49. The molecule has 1 saturated heterocycles. The number of hydrogen-bond acceptors (Lipinski definition) is 3. The molecule has 1 heterocycles. The second-order valence-corrected chi connectivity index (χ2v) is 5.20. The number of hydrogen-bond donors (Lipinski definition) is 0. The number of ether oxygens (including phenoxy) is 2. The van der Waals surface area contributed by atoms with Crippen LogP contribution in [0.1, 0.15) is 19.4 Å². The van der Waals surface area contributed by atoms with Gasteiger partial charge in [0.25, 0.3) is 5.79 Å². The zero-order chi connectivity index (χ0) is 11.8. The Balaban J connectivity index is 2.43. The van der Waals surface area contributed by atoms with Crippen LogP contribution in [0.25, 0.3) is 0 Å². The number of alkyl halides is 1. The van der Waals surface area contributed by atoms with E-state index in [1.54, 1.807) is 6.92 Å². The molecule has 3 nitrogen and oxygen atoms in total. The molecular formula is C12H13BrO3. The van der Waals surface area contributed by atoms with Crippen molar-refractivity contribution in [2.45, 2.75) is 30.6 Å². The van der Waals surface area contributed by atoms with E-state index in [0.717, 1.165) is 5.56 Å². The van der Waals surface area contributed by atoms with Crippen LogP contribution in [0.2, 0.25) is 0 Å². The first-order valence-corrected chi connectivity index (χ1v) is 6.08. The second kappa shape index (κ2) is 4.18. The van der Waals surface area contributed by atoms with Gasteiger partial charge >= 0.3 is 5.97 Å². The molecule has 1 aromatic carbocycles. The average Bonchev–Trinajstić information content (AvgIpc) is 2.58. The molecule has 0 aromatic heterocycles. The fourth-order valence-corrected chi connectivity index (χ4v) is 2.23. The Kier molecular flexibility index (Phi) is 3.04. The van der Waals surface area contributed by atoms with Gasteiger partial charge in [0, 0.05) is 5.56 Å². The van der Waals surface area contributed by atoms with Crippen LogP contribution in [-0.2, 0) is 20.1 Å². The molecule has 1 fully saturated rings. The number of cyclic esters (lactones) is 1. The van der Waals surface area contributed by atoms with Crippen molar-refractivity contribution < 1.29 is 14.3 Å². The highest BCUT2D eigenvalue weighted by atomic mass is 79.9. The summed E-state index contributed by atoms with van der Waals surface area (Å²) in [6.07, 6.45) is -0.528. The maximum Gasteiger partial charge on any atom is 0.337 e. The standard InChI is InChI=1S/C12H13BrO3/c1-8-11(14)16-12(15-8,9(2)13)10-6-4-3-5-7-10/h3-9H,1-2H3. The lowest BCUT2D eigenvalue weighted by atomic mass is 10.0. The van der Waals surface area contributed by atoms with E-state index in [9.17, 15) is 4.79 Å². The molecule has 1 aliphatic heterocycles. The molecule has 0 aliphatic carbocycles. The molecule has 16 heavy (non-hydrogen) atoms. The molecule has 0 radical (unpaired) electrons. The maximum atomic E-state index is 11.5. The molecular weight excluding hydrogens is 272 g/mol. The van der Waals surface area contributed by atoms with E-state index in [1.807, 2.05) is 37.3 Å². The smallest absolute Gasteiger partial charge is 0.337 e. The van der Waals surface area contributed by atoms with E-state index < -0.39 is 11.9 Å². The first-order valence-electron chi connectivity index (χ1n) is 5.16. The van der Waals surface area contributed by atoms with Crippen LogP contribution in [0.5, 0.6) is 0 Å². The first-order chi connectivity index (χ1) is 7.56. The summed E-state index contributed by atoms with van der Waals surface area (Å²) in [6.45, 7) is 3.60. The van der Waals surface area contributed by atoms with Crippen LogP contribution in [0.3, 0.4) is 0 Å². The maximum absolute atomic E-state index is 11.5. The van der Waals surface area contributed by atoms with E-state index in [4.69, 9.17) is 9.47 Å². The van der Waals surface area contributed by atoms with Gasteiger partial charge in [0.1, 0.15) is 0 Å². The number of carbonyl (C=O) groups is 1. The van der Waals surface area contributed by atoms with Crippen LogP contribution in [0, 0.1) is 0 Å². The Hall–Kier alpha value is -0.870. The van der Waals surface area contributed by atoms with Gasteiger partial charge in [-0.3, -0.25) is 0 Å². The van der Waals surface area contributed by atoms with Crippen LogP contribution in [0.4, 0.5) is 0 Å². The van der Waals surface area contributed by atoms with Gasteiger partial charge in [0.05, 0.1) is 4.83 Å². The van der Waals surface area contributed by atoms with E-state index in [-0.39, 0.29) is 10.8 Å². The predicted octanol–water partition coefficient (Wildman–Crippen LogP) is 2.58. The number of benzene rings is 1. The summed E-state index contributed by atoms with van der Waals surface area (Å²) in [4.78, 5) is 11.4. The molecule has 2 rings (SSSR count). The van der Waals surface area contributed by atoms with E-state index in [0.29, 0.717) is 0 Å². The zero-order valence-corrected chi connectivity index (χ0v) is 10.7. The van der Waals surface area contributed by atoms with Gasteiger partial charge in [-0.05, 0) is 13.8 Å². The summed E-state index contributed by atoms with van der Waals surface area (Å²) >= 11 is 3.45. The Morgan fingerprint density at radius 1 is 1.38 bits per heavy atom. The first kappa shape index (κ1) is 11.6. The van der Waals surface area contributed by atoms with Crippen molar-refractivity contribution >= 4 is 21.9 Å². The topological polar surface area (TPSA) is 35.5 Å². The summed E-state index contributed by atoms with van der Waals surface area (Å²) in [5.41, 5.74) is 0.845. The highest BCUT2D eigenvalue weighted by Crippen LogP contribution is 2.40. The largest absolute Gasteiger partial charge is 0.425 e. The SMILES string of the molecule is CC1OC(c2ccccc2)(C(C)Br)OC1=O. The molecule has 1 aromatic rings. The minimum atomic E-state index is -1.00. The van der Waals surface area contributed by atoms with Crippen LogP contribution < -0.4 is 0 Å². The van der Waals surface area contributed by atoms with E-state index in [2.05, 4.69) is 15.9 Å². The summed E-state index contributed by atoms with van der Waals surface area (Å²) in [7, 11) is 0. The molecule has 0 amide bonds. The molecule has 0 saturated carbocycles. The van der Waals surface area contributed by atoms with Crippen LogP contribution >= 0.6 is 15.9 Å². The molecule has 0 spiro atoms. The summed E-state index contributed by atoms with van der Waals surface area (Å²) < 4.78 is 11.1. The third kappa shape index (κ3) is 1.76. The van der Waals surface area contributed by atoms with Crippen molar-refractivity contribution in [3.8, 4) is 0 Å². The normalized spacial score (nSPS) is 31.2. The molecule has 3 unspecified atom stereocenters. The highest BCUT2D eigenvalue weighted by molar-refractivity contribution is 9.09. The molecule has 1 aliphatic rings. The third-order valence-corrected chi connectivity index (χ3v) is 3.24. The third-order valence-electron chi connectivity index (χ3n) is 2.64. The summed E-state index contributed by atoms with van der Waals surface area (Å²) in [5.74, 6) is -1.33. The fraction of sp³-hybridized carbons (Fsp3) is 0.417. The van der Waals surface area contributed by atoms with E-state index in [1.165, 1.54) is 0 Å². The lowest BCUT2D eigenvalue weighted by Crippen LogP contribution is -2.36. The number of esters is 1. The number of rotatable bonds is 2. The lowest BCUT2D eigenvalue weighted by molar-refractivity contribution is -0.180. The van der Waals surface area contributed by atoms with Crippen molar-refractivity contribution in [1.82, 2.24) is 0 Å². The van der Waals surface area contributed by atoms with Crippen molar-refractivity contribution in [3.05, 3.63) is 35.9 Å². The van der Waals surface area contributed by atoms with Crippen molar-refractivity contribution in [2.75, 3.05) is 0 Å². The Labute approximate surface area is 103 Å². The highest BCUT2D eigenvalue weighted by Gasteiger charge is 2.50. The van der Waals surface area contributed by atoms with Crippen molar-refractivity contribution in [3.63, 3.8) is 0 Å². The van der Waals surface area contributed by atoms with Crippen LogP contribution in [-0.4, -0.2) is 16.9 Å². The number of carbonyl (C=O) groups excluding carboxylic acids is 1. The van der Waals surface area contributed by atoms with Gasteiger partial charge in [0.2, 0.25) is 0 Å². The second-order valence-electron chi connectivity index (χ2n) is 3.83. The van der Waals surface area contributed by atoms with Gasteiger partial charge < -0.3 is 9.47 Å². The zero-order valence-electron chi connectivity index (χ0n) is 9.14. The van der Waals surface area contributed by atoms with Gasteiger partial charge in [0.15, 0.2) is 6.10 Å². The summed E-state index contributed by atoms with van der Waals surface area (Å²) in [5, 5.41) is 0. The van der Waals surface area contributed by atoms with Gasteiger partial charge in [-0.1, -0.05) is 46.3 Å². The van der Waals surface area contributed by atoms with Crippen LogP contribution in [0.15, 0.2) is 30.3 Å². The Morgan fingerprint density at radius 3 is 2.44 bits per heavy atom. The van der Waals surface area contributed by atoms with Gasteiger partial charge in [-0.15, -0.1) is 0 Å². The number of halogens is 1. The average molecular weight is 285 g/mol. The quantitative estimate of drug-likeness (QED) is 0.619. The van der Waals surface area contributed by atoms with Crippen molar-refractivity contribution in [1.29, 1.82) is 0 Å². The van der Waals surface area contributed by atoms with Gasteiger partial charge in [-0.2, -0.15) is 0 Å². The molecule has 4 heteroatoms. The Bertz CT molecular complexity index is 391. The monoisotopic (exact) mass is 284 g/mol. The molecule has 86 valence electrons. The molecule has 0 bridgehead atoms. The minimum absolute atomic E-state index is 0.115. The fourth-order valence-electron chi connectivity index (χ4n) is 1.77. The van der Waals surface area contributed by atoms with Gasteiger partial charge in [-0.25, -0.2) is 4.79 Å². The molecule has 3 atom stereocenters. The molecule has 0 N–H and O–H groups in total. The minimum Gasteiger partial charge on any atom is -0.425 e. The van der Waals surface area contributed by atoms with E-state index >= 15 is 0 Å². The predicted molar refractivity (Wildman–Crippen MR) is 63.1 cm³/mol. The lowest BCUT2D eigenvalue weighted by Gasteiger charge is -2.29. The Morgan fingerprint density at radius 2 is 2.00 bits per heavy atom. The van der Waals surface area contributed by atoms with Crippen molar-refractivity contribution in [2.24, 2.45) is 0 Å².